The molecule has 0 heterocycles. The van der Waals surface area contributed by atoms with Crippen molar-refractivity contribution < 1.29 is 14.0 Å². The molecular formula is C19H21FN4O2. The first-order valence-corrected chi connectivity index (χ1v) is 8.38. The van der Waals surface area contributed by atoms with Crippen molar-refractivity contribution in [2.75, 3.05) is 29.6 Å². The highest BCUT2D eigenvalue weighted by atomic mass is 19.1. The zero-order chi connectivity index (χ0) is 18.7. The van der Waals surface area contributed by atoms with Crippen LogP contribution in [-0.4, -0.2) is 32.1 Å². The van der Waals surface area contributed by atoms with Crippen LogP contribution in [0.2, 0.25) is 0 Å². The molecule has 0 bridgehead atoms. The third kappa shape index (κ3) is 4.50. The number of urea groups is 1. The van der Waals surface area contributed by atoms with Crippen molar-refractivity contribution in [2.24, 2.45) is 0 Å². The van der Waals surface area contributed by atoms with Crippen molar-refractivity contribution in [1.82, 2.24) is 5.32 Å². The second-order valence-electron chi connectivity index (χ2n) is 6.46. The van der Waals surface area contributed by atoms with Gasteiger partial charge in [0, 0.05) is 37.2 Å². The predicted molar refractivity (Wildman–Crippen MR) is 100 cm³/mol. The van der Waals surface area contributed by atoms with Gasteiger partial charge >= 0.3 is 6.03 Å². The van der Waals surface area contributed by atoms with Crippen LogP contribution >= 0.6 is 0 Å². The van der Waals surface area contributed by atoms with E-state index in [4.69, 9.17) is 0 Å². The minimum absolute atomic E-state index is 0.162. The lowest BCUT2D eigenvalue weighted by molar-refractivity contribution is 0.0951. The quantitative estimate of drug-likeness (QED) is 0.768. The molecule has 1 saturated carbocycles. The molecule has 1 aliphatic carbocycles. The molecule has 136 valence electrons. The van der Waals surface area contributed by atoms with Crippen molar-refractivity contribution in [1.29, 1.82) is 0 Å². The molecule has 0 unspecified atom stereocenters. The van der Waals surface area contributed by atoms with Crippen LogP contribution in [0.1, 0.15) is 23.2 Å². The van der Waals surface area contributed by atoms with E-state index in [2.05, 4.69) is 16.0 Å². The topological polar surface area (TPSA) is 73.5 Å². The number of hydrogen-bond donors (Lipinski definition) is 3. The van der Waals surface area contributed by atoms with Crippen LogP contribution in [0.5, 0.6) is 0 Å². The van der Waals surface area contributed by atoms with Gasteiger partial charge in [-0.3, -0.25) is 4.79 Å². The summed E-state index contributed by atoms with van der Waals surface area (Å²) in [7, 11) is 3.71. The standard InChI is InChI=1S/C19H21FN4O2/c1-24(2)17-9-8-15(11-16(17)18(25)21-13-6-7-13)23-19(26)22-14-5-3-4-12(20)10-14/h3-5,8-11,13H,6-7H2,1-2H3,(H,21,25)(H2,22,23,26). The summed E-state index contributed by atoms with van der Waals surface area (Å²) in [6.45, 7) is 0. The van der Waals surface area contributed by atoms with Gasteiger partial charge < -0.3 is 20.9 Å². The molecule has 0 radical (unpaired) electrons. The van der Waals surface area contributed by atoms with Crippen LogP contribution in [0.25, 0.3) is 0 Å². The second kappa shape index (κ2) is 7.43. The Bertz CT molecular complexity index is 834. The van der Waals surface area contributed by atoms with Gasteiger partial charge in [0.2, 0.25) is 0 Å². The molecule has 0 aliphatic heterocycles. The third-order valence-corrected chi connectivity index (χ3v) is 3.98. The Morgan fingerprint density at radius 3 is 2.35 bits per heavy atom. The lowest BCUT2D eigenvalue weighted by Gasteiger charge is -2.18. The van der Waals surface area contributed by atoms with E-state index in [1.54, 1.807) is 24.3 Å². The SMILES string of the molecule is CN(C)c1ccc(NC(=O)Nc2cccc(F)c2)cc1C(=O)NC1CC1. The number of amides is 3. The van der Waals surface area contributed by atoms with E-state index in [0.29, 0.717) is 16.9 Å². The largest absolute Gasteiger partial charge is 0.377 e. The maximum Gasteiger partial charge on any atom is 0.323 e. The summed E-state index contributed by atoms with van der Waals surface area (Å²) in [6.07, 6.45) is 1.99. The van der Waals surface area contributed by atoms with E-state index in [9.17, 15) is 14.0 Å². The summed E-state index contributed by atoms with van der Waals surface area (Å²) in [5.41, 5.74) is 2.08. The maximum absolute atomic E-state index is 13.2. The number of anilines is 3. The number of nitrogens with zero attached hydrogens (tertiary/aromatic N) is 1. The molecule has 3 N–H and O–H groups in total. The molecule has 0 aromatic heterocycles. The van der Waals surface area contributed by atoms with Crippen LogP contribution in [0.15, 0.2) is 42.5 Å². The van der Waals surface area contributed by atoms with E-state index in [1.807, 2.05) is 19.0 Å². The van der Waals surface area contributed by atoms with E-state index in [-0.39, 0.29) is 11.9 Å². The molecule has 7 heteroatoms. The van der Waals surface area contributed by atoms with Crippen LogP contribution in [0, 0.1) is 5.82 Å². The van der Waals surface area contributed by atoms with Gasteiger partial charge in [0.15, 0.2) is 0 Å². The summed E-state index contributed by atoms with van der Waals surface area (Å²) in [4.78, 5) is 26.4. The van der Waals surface area contributed by atoms with Crippen LogP contribution in [0.3, 0.4) is 0 Å². The molecule has 0 spiro atoms. The number of halogens is 1. The Morgan fingerprint density at radius 2 is 1.73 bits per heavy atom. The van der Waals surface area contributed by atoms with Crippen molar-refractivity contribution in [3.8, 4) is 0 Å². The van der Waals surface area contributed by atoms with Gasteiger partial charge in [0.05, 0.1) is 5.56 Å². The Labute approximate surface area is 151 Å². The molecule has 3 amide bonds. The summed E-state index contributed by atoms with van der Waals surface area (Å²) in [6, 6.07) is 10.5. The fraction of sp³-hybridized carbons (Fsp3) is 0.263. The first-order valence-electron chi connectivity index (χ1n) is 8.38. The lowest BCUT2D eigenvalue weighted by Crippen LogP contribution is -2.28. The number of nitrogens with one attached hydrogen (secondary N) is 3. The van der Waals surface area contributed by atoms with E-state index in [0.717, 1.165) is 18.5 Å². The average molecular weight is 356 g/mol. The van der Waals surface area contributed by atoms with Crippen molar-refractivity contribution in [2.45, 2.75) is 18.9 Å². The number of carbonyl (C=O) groups is 2. The van der Waals surface area contributed by atoms with E-state index in [1.165, 1.54) is 18.2 Å². The number of carbonyl (C=O) groups excluding carboxylic acids is 2. The lowest BCUT2D eigenvalue weighted by atomic mass is 10.1. The van der Waals surface area contributed by atoms with Crippen LogP contribution in [0.4, 0.5) is 26.2 Å². The number of benzene rings is 2. The first-order chi connectivity index (χ1) is 12.4. The molecule has 3 rings (SSSR count). The summed E-state index contributed by atoms with van der Waals surface area (Å²) in [5.74, 6) is -0.595. The highest BCUT2D eigenvalue weighted by molar-refractivity contribution is 6.04. The fourth-order valence-electron chi connectivity index (χ4n) is 2.54. The Balaban J connectivity index is 1.74. The highest BCUT2D eigenvalue weighted by Gasteiger charge is 2.25. The molecule has 0 atom stereocenters. The molecule has 2 aromatic rings. The van der Waals surface area contributed by atoms with Gasteiger partial charge in [-0.2, -0.15) is 0 Å². The summed E-state index contributed by atoms with van der Waals surface area (Å²) >= 11 is 0. The van der Waals surface area contributed by atoms with Gasteiger partial charge in [-0.05, 0) is 49.2 Å². The second-order valence-corrected chi connectivity index (χ2v) is 6.46. The van der Waals surface area contributed by atoms with Crippen molar-refractivity contribution in [3.05, 3.63) is 53.8 Å². The van der Waals surface area contributed by atoms with Crippen LogP contribution in [-0.2, 0) is 0 Å². The summed E-state index contributed by atoms with van der Waals surface area (Å²) < 4.78 is 13.2. The molecule has 0 saturated heterocycles. The zero-order valence-corrected chi connectivity index (χ0v) is 14.7. The Morgan fingerprint density at radius 1 is 1.04 bits per heavy atom. The maximum atomic E-state index is 13.2. The van der Waals surface area contributed by atoms with Gasteiger partial charge in [-0.15, -0.1) is 0 Å². The molecule has 26 heavy (non-hydrogen) atoms. The van der Waals surface area contributed by atoms with Gasteiger partial charge in [0.1, 0.15) is 5.82 Å². The Hall–Kier alpha value is -3.09. The van der Waals surface area contributed by atoms with E-state index >= 15 is 0 Å². The highest BCUT2D eigenvalue weighted by Crippen LogP contribution is 2.25. The van der Waals surface area contributed by atoms with Gasteiger partial charge in [-0.25, -0.2) is 9.18 Å². The van der Waals surface area contributed by atoms with Gasteiger partial charge in [0.25, 0.3) is 5.91 Å². The zero-order valence-electron chi connectivity index (χ0n) is 14.7. The molecular weight excluding hydrogens is 335 g/mol. The predicted octanol–water partition coefficient (Wildman–Crippen LogP) is 3.43. The van der Waals surface area contributed by atoms with E-state index < -0.39 is 11.8 Å². The Kier molecular flexibility index (Phi) is 5.06. The minimum Gasteiger partial charge on any atom is -0.377 e. The monoisotopic (exact) mass is 356 g/mol. The number of rotatable bonds is 5. The summed E-state index contributed by atoms with van der Waals surface area (Å²) in [5, 5.41) is 8.18. The number of hydrogen-bond acceptors (Lipinski definition) is 3. The van der Waals surface area contributed by atoms with Crippen molar-refractivity contribution in [3.63, 3.8) is 0 Å². The fourth-order valence-corrected chi connectivity index (χ4v) is 2.54. The van der Waals surface area contributed by atoms with Crippen LogP contribution < -0.4 is 20.9 Å². The molecule has 6 nitrogen and oxygen atoms in total. The minimum atomic E-state index is -0.512. The first kappa shape index (κ1) is 17.7. The normalized spacial score (nSPS) is 13.0. The average Bonchev–Trinajstić information content (AvgIpc) is 3.38. The molecule has 1 fully saturated rings. The molecule has 2 aromatic carbocycles. The van der Waals surface area contributed by atoms with Crippen molar-refractivity contribution >= 4 is 29.0 Å². The third-order valence-electron chi connectivity index (χ3n) is 3.98. The molecule has 1 aliphatic rings. The van der Waals surface area contributed by atoms with Gasteiger partial charge in [-0.1, -0.05) is 6.07 Å². The smallest absolute Gasteiger partial charge is 0.323 e.